The molecule has 1 atom stereocenters. The normalized spacial score (nSPS) is 17.7. The number of morpholine rings is 1. The van der Waals surface area contributed by atoms with E-state index in [0.717, 1.165) is 11.3 Å². The third-order valence-electron chi connectivity index (χ3n) is 4.48. The van der Waals surface area contributed by atoms with Crippen molar-refractivity contribution >= 4 is 34.8 Å². The van der Waals surface area contributed by atoms with E-state index in [1.54, 1.807) is 17.9 Å². The first-order valence-corrected chi connectivity index (χ1v) is 8.95. The Morgan fingerprint density at radius 3 is 2.96 bits per heavy atom. The number of hydrogen-bond acceptors (Lipinski definition) is 4. The molecule has 8 heteroatoms. The minimum absolute atomic E-state index is 0.134. The number of rotatable bonds is 2. The van der Waals surface area contributed by atoms with E-state index in [2.05, 4.69) is 9.97 Å². The highest BCUT2D eigenvalue weighted by molar-refractivity contribution is 6.33. The van der Waals surface area contributed by atoms with Crippen LogP contribution in [-0.2, 0) is 4.74 Å². The van der Waals surface area contributed by atoms with E-state index in [4.69, 9.17) is 27.9 Å². The number of fused-ring (bicyclic) bond motifs is 1. The van der Waals surface area contributed by atoms with Crippen molar-refractivity contribution in [2.24, 2.45) is 0 Å². The summed E-state index contributed by atoms with van der Waals surface area (Å²) in [5.41, 5.74) is 2.73. The Morgan fingerprint density at radius 2 is 2.15 bits per heavy atom. The van der Waals surface area contributed by atoms with Gasteiger partial charge in [-0.15, -0.1) is 0 Å². The first-order chi connectivity index (χ1) is 12.5. The molecule has 1 aliphatic heterocycles. The molecular formula is C18H16Cl2N4O2. The second-order valence-electron chi connectivity index (χ2n) is 6.15. The average molecular weight is 391 g/mol. The van der Waals surface area contributed by atoms with Gasteiger partial charge in [0.2, 0.25) is 0 Å². The molecule has 0 saturated carbocycles. The van der Waals surface area contributed by atoms with Crippen molar-refractivity contribution in [3.8, 4) is 0 Å². The van der Waals surface area contributed by atoms with Crippen molar-refractivity contribution in [2.45, 2.75) is 13.0 Å². The predicted octanol–water partition coefficient (Wildman–Crippen LogP) is 3.56. The van der Waals surface area contributed by atoms with Gasteiger partial charge in [0, 0.05) is 24.5 Å². The summed E-state index contributed by atoms with van der Waals surface area (Å²) in [5, 5.41) is 0.445. The molecular weight excluding hydrogens is 375 g/mol. The number of ether oxygens (including phenoxy) is 1. The van der Waals surface area contributed by atoms with Gasteiger partial charge in [0.15, 0.2) is 0 Å². The van der Waals surface area contributed by atoms with Gasteiger partial charge in [-0.05, 0) is 30.7 Å². The lowest BCUT2D eigenvalue weighted by molar-refractivity contribution is -0.0245. The van der Waals surface area contributed by atoms with Crippen LogP contribution < -0.4 is 0 Å². The molecule has 0 bridgehead atoms. The molecule has 0 spiro atoms. The largest absolute Gasteiger partial charge is 0.368 e. The van der Waals surface area contributed by atoms with Crippen molar-refractivity contribution in [3.63, 3.8) is 0 Å². The maximum atomic E-state index is 13.0. The molecule has 4 rings (SSSR count). The number of nitrogens with zero attached hydrogens (tertiary/aromatic N) is 4. The van der Waals surface area contributed by atoms with Crippen molar-refractivity contribution < 1.29 is 9.53 Å². The number of carbonyl (C=O) groups is 1. The second kappa shape index (κ2) is 6.87. The quantitative estimate of drug-likeness (QED) is 0.627. The highest BCUT2D eigenvalue weighted by Gasteiger charge is 2.29. The van der Waals surface area contributed by atoms with Crippen molar-refractivity contribution in [1.82, 2.24) is 19.3 Å². The van der Waals surface area contributed by atoms with Crippen LogP contribution in [0.1, 0.15) is 27.7 Å². The summed E-state index contributed by atoms with van der Waals surface area (Å²) in [4.78, 5) is 23.3. The summed E-state index contributed by atoms with van der Waals surface area (Å²) < 4.78 is 7.79. The molecule has 134 valence electrons. The van der Waals surface area contributed by atoms with Gasteiger partial charge in [-0.25, -0.2) is 9.97 Å². The molecule has 4 heterocycles. The molecule has 1 fully saturated rings. The molecule has 26 heavy (non-hydrogen) atoms. The molecule has 0 aliphatic carbocycles. The topological polar surface area (TPSA) is 59.7 Å². The maximum absolute atomic E-state index is 13.0. The second-order valence-corrected chi connectivity index (χ2v) is 6.90. The third-order valence-corrected chi connectivity index (χ3v) is 5.04. The Kier molecular flexibility index (Phi) is 4.56. The molecule has 0 radical (unpaired) electrons. The molecule has 3 aromatic rings. The molecule has 1 saturated heterocycles. The van der Waals surface area contributed by atoms with Crippen molar-refractivity contribution in [1.29, 1.82) is 0 Å². The smallest absolute Gasteiger partial charge is 0.254 e. The summed E-state index contributed by atoms with van der Waals surface area (Å²) in [6.45, 7) is 3.12. The van der Waals surface area contributed by atoms with Crippen LogP contribution in [0.15, 0.2) is 36.7 Å². The van der Waals surface area contributed by atoms with E-state index >= 15 is 0 Å². The Bertz CT molecular complexity index is 955. The number of aromatic nitrogens is 3. The lowest BCUT2D eigenvalue weighted by atomic mass is 10.1. The highest BCUT2D eigenvalue weighted by atomic mass is 35.5. The van der Waals surface area contributed by atoms with Gasteiger partial charge >= 0.3 is 0 Å². The Labute approximate surface area is 160 Å². The molecule has 6 nitrogen and oxygen atoms in total. The first kappa shape index (κ1) is 17.3. The zero-order valence-electron chi connectivity index (χ0n) is 14.0. The molecule has 1 amide bonds. The number of halogens is 2. The van der Waals surface area contributed by atoms with Gasteiger partial charge in [-0.1, -0.05) is 29.3 Å². The summed E-state index contributed by atoms with van der Waals surface area (Å²) in [6, 6.07) is 7.36. The number of imidazole rings is 1. The molecule has 0 N–H and O–H groups in total. The van der Waals surface area contributed by atoms with E-state index in [0.29, 0.717) is 30.8 Å². The summed E-state index contributed by atoms with van der Waals surface area (Å²) in [6.07, 6.45) is 3.59. The fourth-order valence-corrected chi connectivity index (χ4v) is 3.49. The highest BCUT2D eigenvalue weighted by Crippen LogP contribution is 2.26. The fourth-order valence-electron chi connectivity index (χ4n) is 3.06. The first-order valence-electron chi connectivity index (χ1n) is 8.20. The van der Waals surface area contributed by atoms with Gasteiger partial charge in [0.05, 0.1) is 18.8 Å². The summed E-state index contributed by atoms with van der Waals surface area (Å²) >= 11 is 12.0. The maximum Gasteiger partial charge on any atom is 0.254 e. The average Bonchev–Trinajstić information content (AvgIpc) is 3.08. The standard InChI is InChI=1S/C18H16Cl2N4O2/c1-11-12(8-15(19)22-17(11)20)18(25)24-6-7-26-14(10-24)13-9-23-5-3-2-4-16(23)21-13/h2-5,8-9,14H,6-7,10H2,1H3. The summed E-state index contributed by atoms with van der Waals surface area (Å²) in [7, 11) is 0. The van der Waals surface area contributed by atoms with Gasteiger partial charge < -0.3 is 14.0 Å². The number of carbonyl (C=O) groups excluding carboxylic acids is 1. The van der Waals surface area contributed by atoms with Crippen LogP contribution >= 0.6 is 23.2 Å². The van der Waals surface area contributed by atoms with E-state index in [-0.39, 0.29) is 22.3 Å². The van der Waals surface area contributed by atoms with E-state index < -0.39 is 0 Å². The van der Waals surface area contributed by atoms with Gasteiger partial charge in [0.25, 0.3) is 5.91 Å². The minimum atomic E-state index is -0.277. The molecule has 3 aromatic heterocycles. The van der Waals surface area contributed by atoms with Gasteiger partial charge in [-0.2, -0.15) is 0 Å². The van der Waals surface area contributed by atoms with Crippen LogP contribution in [0.2, 0.25) is 10.3 Å². The van der Waals surface area contributed by atoms with Crippen LogP contribution in [0.4, 0.5) is 0 Å². The van der Waals surface area contributed by atoms with E-state index in [9.17, 15) is 4.79 Å². The van der Waals surface area contributed by atoms with Crippen LogP contribution in [-0.4, -0.2) is 44.9 Å². The van der Waals surface area contributed by atoms with Gasteiger partial charge in [0.1, 0.15) is 22.1 Å². The SMILES string of the molecule is Cc1c(C(=O)N2CCOC(c3cn4ccccc4n3)C2)cc(Cl)nc1Cl. The lowest BCUT2D eigenvalue weighted by Crippen LogP contribution is -2.42. The zero-order valence-corrected chi connectivity index (χ0v) is 15.5. The Balaban J connectivity index is 1.59. The molecule has 1 aliphatic rings. The fraction of sp³-hybridized carbons (Fsp3) is 0.278. The number of pyridine rings is 2. The van der Waals surface area contributed by atoms with Gasteiger partial charge in [-0.3, -0.25) is 4.79 Å². The minimum Gasteiger partial charge on any atom is -0.368 e. The van der Waals surface area contributed by atoms with Crippen molar-refractivity contribution in [3.05, 3.63) is 63.8 Å². The predicted molar refractivity (Wildman–Crippen MR) is 98.8 cm³/mol. The third kappa shape index (κ3) is 3.16. The van der Waals surface area contributed by atoms with E-state index in [1.165, 1.54) is 0 Å². The lowest BCUT2D eigenvalue weighted by Gasteiger charge is -2.32. The summed E-state index contributed by atoms with van der Waals surface area (Å²) in [5.74, 6) is -0.134. The van der Waals surface area contributed by atoms with Crippen molar-refractivity contribution in [2.75, 3.05) is 19.7 Å². The Morgan fingerprint density at radius 1 is 1.31 bits per heavy atom. The van der Waals surface area contributed by atoms with Crippen LogP contribution in [0.25, 0.3) is 5.65 Å². The molecule has 1 unspecified atom stereocenters. The van der Waals surface area contributed by atoms with Crippen LogP contribution in [0, 0.1) is 6.92 Å². The number of amides is 1. The number of hydrogen-bond donors (Lipinski definition) is 0. The Hall–Kier alpha value is -2.15. The van der Waals surface area contributed by atoms with Crippen LogP contribution in [0.3, 0.4) is 0 Å². The molecule has 0 aromatic carbocycles. The zero-order chi connectivity index (χ0) is 18.3. The van der Waals surface area contributed by atoms with Crippen LogP contribution in [0.5, 0.6) is 0 Å². The van der Waals surface area contributed by atoms with E-state index in [1.807, 2.05) is 35.0 Å². The monoisotopic (exact) mass is 390 g/mol.